The third kappa shape index (κ3) is 5.44. The summed E-state index contributed by atoms with van der Waals surface area (Å²) in [5, 5.41) is 10.1. The van der Waals surface area contributed by atoms with Gasteiger partial charge in [0, 0.05) is 29.6 Å². The molecule has 0 aliphatic carbocycles. The van der Waals surface area contributed by atoms with Crippen LogP contribution in [-0.4, -0.2) is 15.6 Å². The molecule has 35 heavy (non-hydrogen) atoms. The zero-order valence-electron chi connectivity index (χ0n) is 19.4. The van der Waals surface area contributed by atoms with E-state index in [4.69, 9.17) is 9.84 Å². The molecule has 1 aromatic heterocycles. The maximum absolute atomic E-state index is 10.7. The summed E-state index contributed by atoms with van der Waals surface area (Å²) in [7, 11) is 0. The van der Waals surface area contributed by atoms with Gasteiger partial charge in [0.15, 0.2) is 0 Å². The van der Waals surface area contributed by atoms with Crippen molar-refractivity contribution in [2.45, 2.75) is 26.0 Å². The van der Waals surface area contributed by atoms with E-state index in [-0.39, 0.29) is 6.42 Å². The monoisotopic (exact) mass is 461 g/mol. The first-order valence-electron chi connectivity index (χ1n) is 11.8. The van der Waals surface area contributed by atoms with Crippen molar-refractivity contribution in [1.29, 1.82) is 0 Å². The summed E-state index contributed by atoms with van der Waals surface area (Å²) in [6, 6.07) is 37.5. The number of aryl methyl sites for hydroxylation is 1. The summed E-state index contributed by atoms with van der Waals surface area (Å²) in [5.74, 6) is -0.00510. The quantitative estimate of drug-likeness (QED) is 0.258. The highest BCUT2D eigenvalue weighted by Gasteiger charge is 2.11. The molecule has 1 heterocycles. The van der Waals surface area contributed by atoms with Crippen LogP contribution in [0.4, 0.5) is 0 Å². The van der Waals surface area contributed by atoms with Crippen molar-refractivity contribution in [1.82, 2.24) is 4.57 Å². The van der Waals surface area contributed by atoms with E-state index >= 15 is 0 Å². The molecule has 4 nitrogen and oxygen atoms in total. The average Bonchev–Trinajstić information content (AvgIpc) is 3.26. The van der Waals surface area contributed by atoms with E-state index < -0.39 is 5.97 Å². The van der Waals surface area contributed by atoms with Gasteiger partial charge in [-0.15, -0.1) is 0 Å². The van der Waals surface area contributed by atoms with Crippen LogP contribution in [0.2, 0.25) is 0 Å². The Labute approximate surface area is 205 Å². The van der Waals surface area contributed by atoms with Crippen LogP contribution in [-0.2, 0) is 24.4 Å². The minimum absolute atomic E-state index is 0.137. The number of carbonyl (C=O) groups is 1. The van der Waals surface area contributed by atoms with E-state index in [1.807, 2.05) is 30.3 Å². The van der Waals surface area contributed by atoms with Crippen LogP contribution in [0, 0.1) is 0 Å². The van der Waals surface area contributed by atoms with Crippen molar-refractivity contribution in [2.75, 3.05) is 0 Å². The molecule has 1 N–H and O–H groups in total. The molecule has 0 amide bonds. The van der Waals surface area contributed by atoms with Gasteiger partial charge in [-0.3, -0.25) is 4.79 Å². The van der Waals surface area contributed by atoms with E-state index in [9.17, 15) is 4.79 Å². The zero-order valence-corrected chi connectivity index (χ0v) is 19.4. The maximum atomic E-state index is 10.7. The molecule has 0 fully saturated rings. The van der Waals surface area contributed by atoms with Gasteiger partial charge in [-0.2, -0.15) is 0 Å². The number of carboxylic acid groups (broad SMARTS) is 1. The number of carboxylic acids is 1. The predicted octanol–water partition coefficient (Wildman–Crippen LogP) is 6.95. The fraction of sp³-hybridized carbons (Fsp3) is 0.129. The second-order valence-corrected chi connectivity index (χ2v) is 8.68. The number of hydrogen-bond acceptors (Lipinski definition) is 2. The van der Waals surface area contributed by atoms with E-state index in [0.29, 0.717) is 13.0 Å². The maximum Gasteiger partial charge on any atom is 0.303 e. The largest absolute Gasteiger partial charge is 0.489 e. The zero-order chi connectivity index (χ0) is 24.0. The van der Waals surface area contributed by atoms with Crippen molar-refractivity contribution >= 4 is 16.9 Å². The third-order valence-corrected chi connectivity index (χ3v) is 6.20. The van der Waals surface area contributed by atoms with Crippen molar-refractivity contribution in [3.63, 3.8) is 0 Å². The molecule has 0 atom stereocenters. The number of hydrogen-bond donors (Lipinski definition) is 1. The highest BCUT2D eigenvalue weighted by Crippen LogP contribution is 2.29. The van der Waals surface area contributed by atoms with Gasteiger partial charge in [-0.25, -0.2) is 0 Å². The van der Waals surface area contributed by atoms with Gasteiger partial charge in [-0.05, 0) is 52.9 Å². The summed E-state index contributed by atoms with van der Waals surface area (Å²) < 4.78 is 8.31. The van der Waals surface area contributed by atoms with Crippen LogP contribution >= 0.6 is 0 Å². The Bertz CT molecular complexity index is 1420. The fourth-order valence-electron chi connectivity index (χ4n) is 4.32. The van der Waals surface area contributed by atoms with Gasteiger partial charge < -0.3 is 14.4 Å². The topological polar surface area (TPSA) is 51.5 Å². The summed E-state index contributed by atoms with van der Waals surface area (Å²) >= 11 is 0. The number of nitrogens with zero attached hydrogens (tertiary/aromatic N) is 1. The molecule has 0 spiro atoms. The van der Waals surface area contributed by atoms with E-state index in [0.717, 1.165) is 23.4 Å². The summed E-state index contributed by atoms with van der Waals surface area (Å²) in [5.41, 5.74) is 6.98. The van der Waals surface area contributed by atoms with Gasteiger partial charge in [0.05, 0.1) is 0 Å². The van der Waals surface area contributed by atoms with Crippen LogP contribution in [0.3, 0.4) is 0 Å². The van der Waals surface area contributed by atoms with Crippen LogP contribution in [0.1, 0.15) is 23.1 Å². The molecular weight excluding hydrogens is 434 g/mol. The van der Waals surface area contributed by atoms with Crippen molar-refractivity contribution in [3.05, 3.63) is 126 Å². The number of rotatable bonds is 9. The smallest absolute Gasteiger partial charge is 0.303 e. The molecule has 174 valence electrons. The highest BCUT2D eigenvalue weighted by molar-refractivity contribution is 5.87. The van der Waals surface area contributed by atoms with Crippen LogP contribution in [0.15, 0.2) is 109 Å². The molecule has 4 aromatic carbocycles. The second-order valence-electron chi connectivity index (χ2n) is 8.68. The van der Waals surface area contributed by atoms with Gasteiger partial charge in [0.1, 0.15) is 12.4 Å². The van der Waals surface area contributed by atoms with Crippen molar-refractivity contribution < 1.29 is 14.6 Å². The minimum atomic E-state index is -0.782. The number of benzene rings is 4. The standard InChI is InChI=1S/C31H27NO3/c33-31(34)19-16-23-14-17-28(18-15-23)35-22-25-12-10-24(11-13-25)21-32-29-9-5-4-8-27(29)20-30(32)26-6-2-1-3-7-26/h1-15,17-18,20H,16,19,21-22H2,(H,33,34). The van der Waals surface area contributed by atoms with Gasteiger partial charge >= 0.3 is 5.97 Å². The minimum Gasteiger partial charge on any atom is -0.489 e. The lowest BCUT2D eigenvalue weighted by atomic mass is 10.1. The first-order chi connectivity index (χ1) is 17.2. The average molecular weight is 462 g/mol. The molecule has 4 heteroatoms. The van der Waals surface area contributed by atoms with Crippen LogP contribution in [0.5, 0.6) is 5.75 Å². The van der Waals surface area contributed by atoms with Gasteiger partial charge in [0.25, 0.3) is 0 Å². The third-order valence-electron chi connectivity index (χ3n) is 6.20. The summed E-state index contributed by atoms with van der Waals surface area (Å²) in [6.07, 6.45) is 0.665. The number of aromatic nitrogens is 1. The molecule has 0 saturated carbocycles. The molecule has 0 radical (unpaired) electrons. The summed E-state index contributed by atoms with van der Waals surface area (Å²) in [4.78, 5) is 10.7. The van der Waals surface area contributed by atoms with Crippen molar-refractivity contribution in [3.8, 4) is 17.0 Å². The van der Waals surface area contributed by atoms with E-state index in [1.54, 1.807) is 0 Å². The predicted molar refractivity (Wildman–Crippen MR) is 140 cm³/mol. The first-order valence-corrected chi connectivity index (χ1v) is 11.8. The summed E-state index contributed by atoms with van der Waals surface area (Å²) in [6.45, 7) is 1.27. The normalized spacial score (nSPS) is 11.0. The Morgan fingerprint density at radius 1 is 0.743 bits per heavy atom. The van der Waals surface area contributed by atoms with Crippen LogP contribution in [0.25, 0.3) is 22.2 Å². The van der Waals surface area contributed by atoms with E-state index in [2.05, 4.69) is 83.4 Å². The Balaban J connectivity index is 1.27. The van der Waals surface area contributed by atoms with Crippen LogP contribution < -0.4 is 4.74 Å². The molecular formula is C31H27NO3. The molecule has 5 rings (SSSR count). The number of fused-ring (bicyclic) bond motifs is 1. The number of aliphatic carboxylic acids is 1. The number of para-hydroxylation sites is 1. The lowest BCUT2D eigenvalue weighted by Gasteiger charge is -2.12. The Hall–Kier alpha value is -4.31. The number of ether oxygens (including phenoxy) is 1. The first kappa shape index (κ1) is 22.5. The molecule has 0 aliphatic heterocycles. The fourth-order valence-corrected chi connectivity index (χ4v) is 4.32. The van der Waals surface area contributed by atoms with E-state index in [1.165, 1.54) is 27.7 Å². The molecule has 5 aromatic rings. The lowest BCUT2D eigenvalue weighted by molar-refractivity contribution is -0.136. The SMILES string of the molecule is O=C(O)CCc1ccc(OCc2ccc(Cn3c(-c4ccccc4)cc4ccccc43)cc2)cc1. The second kappa shape index (κ2) is 10.3. The molecule has 0 bridgehead atoms. The highest BCUT2D eigenvalue weighted by atomic mass is 16.5. The van der Waals surface area contributed by atoms with Gasteiger partial charge in [0.2, 0.25) is 0 Å². The Kier molecular flexibility index (Phi) is 6.62. The molecule has 0 saturated heterocycles. The molecule has 0 aliphatic rings. The Morgan fingerprint density at radius 3 is 2.14 bits per heavy atom. The lowest BCUT2D eigenvalue weighted by Crippen LogP contribution is -2.02. The molecule has 0 unspecified atom stereocenters. The Morgan fingerprint density at radius 2 is 1.40 bits per heavy atom. The van der Waals surface area contributed by atoms with Gasteiger partial charge in [-0.1, -0.05) is 84.9 Å². The van der Waals surface area contributed by atoms with Crippen molar-refractivity contribution in [2.24, 2.45) is 0 Å².